The van der Waals surface area contributed by atoms with Crippen molar-refractivity contribution in [2.75, 3.05) is 18.6 Å². The van der Waals surface area contributed by atoms with Gasteiger partial charge in [0.1, 0.15) is 0 Å². The monoisotopic (exact) mass is 301 g/mol. The van der Waals surface area contributed by atoms with Crippen LogP contribution in [0.5, 0.6) is 0 Å². The van der Waals surface area contributed by atoms with Crippen LogP contribution in [0.15, 0.2) is 48.5 Å². The van der Waals surface area contributed by atoms with Crippen molar-refractivity contribution in [3.05, 3.63) is 70.8 Å². The molecule has 0 fully saturated rings. The van der Waals surface area contributed by atoms with Gasteiger partial charge in [-0.1, -0.05) is 54.1 Å². The van der Waals surface area contributed by atoms with Crippen LogP contribution in [0, 0.1) is 13.8 Å². The van der Waals surface area contributed by atoms with Gasteiger partial charge in [0.25, 0.3) is 0 Å². The normalized spacial score (nSPS) is 13.9. The summed E-state index contributed by atoms with van der Waals surface area (Å²) in [6, 6.07) is 17.1. The van der Waals surface area contributed by atoms with Gasteiger partial charge in [-0.2, -0.15) is 0 Å². The van der Waals surface area contributed by atoms with E-state index in [9.17, 15) is 4.21 Å². The van der Waals surface area contributed by atoms with E-state index in [4.69, 9.17) is 0 Å². The molecule has 0 saturated carbocycles. The van der Waals surface area contributed by atoms with Crippen LogP contribution in [-0.2, 0) is 10.8 Å². The summed E-state index contributed by atoms with van der Waals surface area (Å²) in [5, 5.41) is 3.56. The molecule has 0 spiro atoms. The molecule has 1 N–H and O–H groups in total. The highest BCUT2D eigenvalue weighted by Gasteiger charge is 2.15. The zero-order valence-electron chi connectivity index (χ0n) is 12.9. The Balaban J connectivity index is 2.31. The molecule has 3 heteroatoms. The summed E-state index contributed by atoms with van der Waals surface area (Å²) in [5.74, 6) is 0.675. The fraction of sp³-hybridized carbons (Fsp3) is 0.333. The van der Waals surface area contributed by atoms with E-state index in [-0.39, 0.29) is 6.04 Å². The van der Waals surface area contributed by atoms with Gasteiger partial charge in [-0.25, -0.2) is 0 Å². The van der Waals surface area contributed by atoms with Crippen molar-refractivity contribution in [2.24, 2.45) is 0 Å². The lowest BCUT2D eigenvalue weighted by atomic mass is 9.93. The van der Waals surface area contributed by atoms with Gasteiger partial charge in [0, 0.05) is 29.4 Å². The largest absolute Gasteiger partial charge is 0.305 e. The molecule has 0 aliphatic carbocycles. The molecule has 0 aliphatic rings. The molecule has 2 nitrogen and oxygen atoms in total. The summed E-state index contributed by atoms with van der Waals surface area (Å²) in [4.78, 5) is 0. The van der Waals surface area contributed by atoms with Gasteiger partial charge in [-0.05, 0) is 30.5 Å². The number of rotatable bonds is 6. The lowest BCUT2D eigenvalue weighted by molar-refractivity contribution is 0.624. The Morgan fingerprint density at radius 3 is 2.48 bits per heavy atom. The molecule has 0 saturated heterocycles. The van der Waals surface area contributed by atoms with Gasteiger partial charge in [0.2, 0.25) is 0 Å². The minimum Gasteiger partial charge on any atom is -0.305 e. The van der Waals surface area contributed by atoms with Crippen molar-refractivity contribution >= 4 is 10.8 Å². The molecule has 2 rings (SSSR count). The highest BCUT2D eigenvalue weighted by Crippen LogP contribution is 2.25. The van der Waals surface area contributed by atoms with Crippen molar-refractivity contribution in [1.29, 1.82) is 0 Å². The van der Waals surface area contributed by atoms with Crippen LogP contribution < -0.4 is 5.32 Å². The fourth-order valence-electron chi connectivity index (χ4n) is 2.47. The summed E-state index contributed by atoms with van der Waals surface area (Å²) < 4.78 is 11.3. The fourth-order valence-corrected chi connectivity index (χ4v) is 2.88. The van der Waals surface area contributed by atoms with Crippen molar-refractivity contribution < 1.29 is 4.21 Å². The predicted octanol–water partition coefficient (Wildman–Crippen LogP) is 3.36. The molecule has 112 valence electrons. The van der Waals surface area contributed by atoms with Crippen LogP contribution in [0.4, 0.5) is 0 Å². The Labute approximate surface area is 130 Å². The third-order valence-corrected chi connectivity index (χ3v) is 4.40. The average molecular weight is 301 g/mol. The maximum absolute atomic E-state index is 11.3. The molecule has 0 amide bonds. The molecule has 2 aromatic rings. The molecule has 2 atom stereocenters. The number of nitrogens with one attached hydrogen (secondary N) is 1. The van der Waals surface area contributed by atoms with E-state index >= 15 is 0 Å². The zero-order valence-corrected chi connectivity index (χ0v) is 13.7. The Bertz CT molecular complexity index is 610. The second-order valence-corrected chi connectivity index (χ2v) is 6.99. The minimum absolute atomic E-state index is 0.148. The van der Waals surface area contributed by atoms with E-state index in [0.29, 0.717) is 5.75 Å². The van der Waals surface area contributed by atoms with Crippen LogP contribution in [0.25, 0.3) is 0 Å². The highest BCUT2D eigenvalue weighted by atomic mass is 32.2. The van der Waals surface area contributed by atoms with Gasteiger partial charge in [0.05, 0.1) is 6.04 Å². The molecule has 0 aromatic heterocycles. The summed E-state index contributed by atoms with van der Waals surface area (Å²) in [6.07, 6.45) is 1.75. The Morgan fingerprint density at radius 2 is 1.81 bits per heavy atom. The van der Waals surface area contributed by atoms with E-state index in [0.717, 1.165) is 6.54 Å². The Morgan fingerprint density at radius 1 is 1.10 bits per heavy atom. The number of hydrogen-bond donors (Lipinski definition) is 1. The van der Waals surface area contributed by atoms with E-state index in [2.05, 4.69) is 61.6 Å². The van der Waals surface area contributed by atoms with Gasteiger partial charge in [0.15, 0.2) is 0 Å². The first-order valence-electron chi connectivity index (χ1n) is 7.23. The van der Waals surface area contributed by atoms with Gasteiger partial charge in [-0.15, -0.1) is 0 Å². The van der Waals surface area contributed by atoms with Crippen LogP contribution >= 0.6 is 0 Å². The third kappa shape index (κ3) is 4.51. The minimum atomic E-state index is -0.767. The van der Waals surface area contributed by atoms with Crippen molar-refractivity contribution in [3.8, 4) is 0 Å². The first-order chi connectivity index (χ1) is 10.1. The van der Waals surface area contributed by atoms with Crippen molar-refractivity contribution in [3.63, 3.8) is 0 Å². The number of aryl methyl sites for hydroxylation is 2. The summed E-state index contributed by atoms with van der Waals surface area (Å²) in [7, 11) is -0.767. The van der Waals surface area contributed by atoms with Crippen LogP contribution in [0.3, 0.4) is 0 Å². The molecule has 0 heterocycles. The van der Waals surface area contributed by atoms with Crippen molar-refractivity contribution in [1.82, 2.24) is 5.32 Å². The summed E-state index contributed by atoms with van der Waals surface area (Å²) in [6.45, 7) is 5.01. The van der Waals surface area contributed by atoms with Crippen LogP contribution in [-0.4, -0.2) is 22.8 Å². The molecule has 21 heavy (non-hydrogen) atoms. The molecule has 2 aromatic carbocycles. The maximum Gasteiger partial charge on any atom is 0.0579 e. The molecular formula is C18H23NOS. The second kappa shape index (κ2) is 7.53. The maximum atomic E-state index is 11.3. The van der Waals surface area contributed by atoms with Crippen LogP contribution in [0.1, 0.15) is 28.3 Å². The van der Waals surface area contributed by atoms with Gasteiger partial charge in [-0.3, -0.25) is 4.21 Å². The molecule has 0 bridgehead atoms. The smallest absolute Gasteiger partial charge is 0.0579 e. The number of benzene rings is 2. The topological polar surface area (TPSA) is 29.1 Å². The predicted molar refractivity (Wildman–Crippen MR) is 91.1 cm³/mol. The molecule has 0 radical (unpaired) electrons. The van der Waals surface area contributed by atoms with Gasteiger partial charge >= 0.3 is 0 Å². The summed E-state index contributed by atoms with van der Waals surface area (Å²) in [5.41, 5.74) is 5.08. The Hall–Kier alpha value is -1.45. The first kappa shape index (κ1) is 15.9. The number of hydrogen-bond acceptors (Lipinski definition) is 2. The summed E-state index contributed by atoms with van der Waals surface area (Å²) >= 11 is 0. The Kier molecular flexibility index (Phi) is 5.71. The molecule has 2 unspecified atom stereocenters. The van der Waals surface area contributed by atoms with E-state index in [1.54, 1.807) is 6.26 Å². The van der Waals surface area contributed by atoms with Crippen LogP contribution in [0.2, 0.25) is 0 Å². The van der Waals surface area contributed by atoms with E-state index < -0.39 is 10.8 Å². The third-order valence-electron chi connectivity index (χ3n) is 3.62. The van der Waals surface area contributed by atoms with E-state index in [1.807, 2.05) is 6.07 Å². The van der Waals surface area contributed by atoms with Gasteiger partial charge < -0.3 is 5.32 Å². The molecule has 0 aliphatic heterocycles. The highest BCUT2D eigenvalue weighted by molar-refractivity contribution is 7.84. The standard InChI is InChI=1S/C18H23NOS/c1-14-9-10-15(2)17(13-14)18(19-11-12-21(3)20)16-7-5-4-6-8-16/h4-10,13,18-19H,11-12H2,1-3H3. The zero-order chi connectivity index (χ0) is 15.2. The average Bonchev–Trinajstić information content (AvgIpc) is 2.47. The van der Waals surface area contributed by atoms with E-state index in [1.165, 1.54) is 22.3 Å². The lowest BCUT2D eigenvalue weighted by Crippen LogP contribution is -2.27. The van der Waals surface area contributed by atoms with Crippen molar-refractivity contribution in [2.45, 2.75) is 19.9 Å². The SMILES string of the molecule is Cc1ccc(C)c(C(NCCS(C)=O)c2ccccc2)c1. The quantitative estimate of drug-likeness (QED) is 0.886. The second-order valence-electron chi connectivity index (χ2n) is 5.44. The first-order valence-corrected chi connectivity index (χ1v) is 8.96. The molecular weight excluding hydrogens is 278 g/mol. The lowest BCUT2D eigenvalue weighted by Gasteiger charge is -2.22.